The summed E-state index contributed by atoms with van der Waals surface area (Å²) in [5, 5.41) is 3.35. The van der Waals surface area contributed by atoms with Crippen molar-refractivity contribution in [1.29, 1.82) is 0 Å². The molecule has 102 valence electrons. The second kappa shape index (κ2) is 5.84. The lowest BCUT2D eigenvalue weighted by Gasteiger charge is -2.15. The van der Waals surface area contributed by atoms with Crippen molar-refractivity contribution in [2.75, 3.05) is 7.11 Å². The number of ether oxygens (including phenoxy) is 1. The maximum Gasteiger partial charge on any atom is 0.165 e. The van der Waals surface area contributed by atoms with E-state index >= 15 is 0 Å². The summed E-state index contributed by atoms with van der Waals surface area (Å²) < 4.78 is 20.3. The van der Waals surface area contributed by atoms with Gasteiger partial charge in [-0.05, 0) is 24.6 Å². The number of benzene rings is 1. The van der Waals surface area contributed by atoms with Crippen molar-refractivity contribution in [1.82, 2.24) is 14.9 Å². The molecule has 19 heavy (non-hydrogen) atoms. The Morgan fingerprint density at radius 2 is 2.26 bits per heavy atom. The quantitative estimate of drug-likeness (QED) is 0.900. The van der Waals surface area contributed by atoms with Gasteiger partial charge in [0.25, 0.3) is 0 Å². The van der Waals surface area contributed by atoms with Gasteiger partial charge in [-0.3, -0.25) is 0 Å². The average molecular weight is 263 g/mol. The molecule has 1 N–H and O–H groups in total. The molecule has 1 aromatic carbocycles. The van der Waals surface area contributed by atoms with Crippen LogP contribution in [0.25, 0.3) is 0 Å². The van der Waals surface area contributed by atoms with Crippen LogP contribution in [0.4, 0.5) is 4.39 Å². The second-order valence-corrected chi connectivity index (χ2v) is 4.45. The number of methoxy groups -OCH3 is 1. The summed E-state index contributed by atoms with van der Waals surface area (Å²) >= 11 is 0. The molecule has 0 saturated heterocycles. The van der Waals surface area contributed by atoms with Crippen LogP contribution in [0.1, 0.15) is 24.4 Å². The lowest BCUT2D eigenvalue weighted by molar-refractivity contribution is 0.385. The standard InChI is InChI=1S/C14H18FN3O/c1-10(17-9-14-16-6-7-18(14)2)11-4-5-12(15)13(8-11)19-3/h4-8,10,17H,9H2,1-3H3. The van der Waals surface area contributed by atoms with Gasteiger partial charge in [0.05, 0.1) is 13.7 Å². The van der Waals surface area contributed by atoms with Gasteiger partial charge in [0, 0.05) is 25.5 Å². The van der Waals surface area contributed by atoms with Crippen LogP contribution in [-0.4, -0.2) is 16.7 Å². The smallest absolute Gasteiger partial charge is 0.165 e. The fraction of sp³-hybridized carbons (Fsp3) is 0.357. The molecule has 0 radical (unpaired) electrons. The van der Waals surface area contributed by atoms with Crippen molar-refractivity contribution in [3.05, 3.63) is 47.8 Å². The van der Waals surface area contributed by atoms with Crippen molar-refractivity contribution in [2.24, 2.45) is 7.05 Å². The molecule has 0 saturated carbocycles. The molecule has 0 bridgehead atoms. The van der Waals surface area contributed by atoms with Crippen LogP contribution in [0.15, 0.2) is 30.6 Å². The van der Waals surface area contributed by atoms with Gasteiger partial charge in [-0.2, -0.15) is 0 Å². The molecule has 0 aliphatic carbocycles. The first-order chi connectivity index (χ1) is 9.11. The number of nitrogens with zero attached hydrogens (tertiary/aromatic N) is 2. The molecule has 1 unspecified atom stereocenters. The minimum absolute atomic E-state index is 0.0891. The Kier molecular flexibility index (Phi) is 4.16. The van der Waals surface area contributed by atoms with E-state index in [0.29, 0.717) is 6.54 Å². The van der Waals surface area contributed by atoms with Gasteiger partial charge >= 0.3 is 0 Å². The fourth-order valence-corrected chi connectivity index (χ4v) is 1.87. The third-order valence-corrected chi connectivity index (χ3v) is 3.16. The average Bonchev–Trinajstić information content (AvgIpc) is 2.82. The molecule has 1 atom stereocenters. The van der Waals surface area contributed by atoms with E-state index in [2.05, 4.69) is 10.3 Å². The van der Waals surface area contributed by atoms with E-state index < -0.39 is 0 Å². The van der Waals surface area contributed by atoms with Crippen molar-refractivity contribution >= 4 is 0 Å². The Bertz CT molecular complexity index is 553. The fourth-order valence-electron chi connectivity index (χ4n) is 1.87. The van der Waals surface area contributed by atoms with Crippen LogP contribution in [-0.2, 0) is 13.6 Å². The SMILES string of the molecule is COc1cc(C(C)NCc2nccn2C)ccc1F. The van der Waals surface area contributed by atoms with Crippen molar-refractivity contribution < 1.29 is 9.13 Å². The normalized spacial score (nSPS) is 12.4. The molecule has 0 aliphatic heterocycles. The number of rotatable bonds is 5. The Labute approximate surface area is 112 Å². The lowest BCUT2D eigenvalue weighted by atomic mass is 10.1. The van der Waals surface area contributed by atoms with Gasteiger partial charge in [0.15, 0.2) is 11.6 Å². The molecule has 0 aliphatic rings. The minimum Gasteiger partial charge on any atom is -0.494 e. The first kappa shape index (κ1) is 13.5. The van der Waals surface area contributed by atoms with E-state index in [-0.39, 0.29) is 17.6 Å². The third-order valence-electron chi connectivity index (χ3n) is 3.16. The van der Waals surface area contributed by atoms with Gasteiger partial charge in [0.2, 0.25) is 0 Å². The number of nitrogens with one attached hydrogen (secondary N) is 1. The number of aryl methyl sites for hydroxylation is 1. The second-order valence-electron chi connectivity index (χ2n) is 4.45. The molecule has 5 heteroatoms. The summed E-state index contributed by atoms with van der Waals surface area (Å²) in [6.07, 6.45) is 3.67. The molecule has 2 aromatic rings. The van der Waals surface area contributed by atoms with Gasteiger partial charge in [0.1, 0.15) is 5.82 Å². The van der Waals surface area contributed by atoms with E-state index in [1.165, 1.54) is 13.2 Å². The molecule has 1 heterocycles. The summed E-state index contributed by atoms with van der Waals surface area (Å²) in [5.74, 6) is 0.881. The maximum absolute atomic E-state index is 13.3. The van der Waals surface area contributed by atoms with E-state index in [0.717, 1.165) is 11.4 Å². The molecular formula is C14H18FN3O. The number of hydrogen-bond donors (Lipinski definition) is 1. The van der Waals surface area contributed by atoms with E-state index in [4.69, 9.17) is 4.74 Å². The number of aromatic nitrogens is 2. The van der Waals surface area contributed by atoms with Crippen LogP contribution in [0.5, 0.6) is 5.75 Å². The maximum atomic E-state index is 13.3. The van der Waals surface area contributed by atoms with Crippen LogP contribution < -0.4 is 10.1 Å². The summed E-state index contributed by atoms with van der Waals surface area (Å²) in [6.45, 7) is 2.68. The molecular weight excluding hydrogens is 245 g/mol. The van der Waals surface area contributed by atoms with E-state index in [9.17, 15) is 4.39 Å². The number of halogens is 1. The molecule has 4 nitrogen and oxygen atoms in total. The number of imidazole rings is 1. The zero-order chi connectivity index (χ0) is 13.8. The van der Waals surface area contributed by atoms with Crippen LogP contribution in [0, 0.1) is 5.82 Å². The Morgan fingerprint density at radius 1 is 1.47 bits per heavy atom. The topological polar surface area (TPSA) is 39.1 Å². The first-order valence-electron chi connectivity index (χ1n) is 6.15. The van der Waals surface area contributed by atoms with Crippen LogP contribution in [0.3, 0.4) is 0 Å². The summed E-state index contributed by atoms with van der Waals surface area (Å²) in [7, 11) is 3.42. The molecule has 0 fully saturated rings. The van der Waals surface area contributed by atoms with Crippen LogP contribution >= 0.6 is 0 Å². The molecule has 0 amide bonds. The highest BCUT2D eigenvalue weighted by Gasteiger charge is 2.10. The summed E-state index contributed by atoms with van der Waals surface area (Å²) in [6, 6.07) is 4.98. The Morgan fingerprint density at radius 3 is 2.89 bits per heavy atom. The summed E-state index contributed by atoms with van der Waals surface area (Å²) in [5.41, 5.74) is 0.979. The Hall–Kier alpha value is -1.88. The number of hydrogen-bond acceptors (Lipinski definition) is 3. The largest absolute Gasteiger partial charge is 0.494 e. The van der Waals surface area contributed by atoms with Gasteiger partial charge in [-0.15, -0.1) is 0 Å². The summed E-state index contributed by atoms with van der Waals surface area (Å²) in [4.78, 5) is 4.25. The lowest BCUT2D eigenvalue weighted by Crippen LogP contribution is -2.20. The minimum atomic E-state index is -0.345. The highest BCUT2D eigenvalue weighted by molar-refractivity contribution is 5.31. The predicted molar refractivity (Wildman–Crippen MR) is 71.4 cm³/mol. The zero-order valence-corrected chi connectivity index (χ0v) is 11.4. The predicted octanol–water partition coefficient (Wildman–Crippen LogP) is 2.42. The van der Waals surface area contributed by atoms with Crippen molar-refractivity contribution in [2.45, 2.75) is 19.5 Å². The highest BCUT2D eigenvalue weighted by atomic mass is 19.1. The van der Waals surface area contributed by atoms with Crippen LogP contribution in [0.2, 0.25) is 0 Å². The Balaban J connectivity index is 2.03. The monoisotopic (exact) mass is 263 g/mol. The van der Waals surface area contributed by atoms with E-state index in [1.54, 1.807) is 18.3 Å². The highest BCUT2D eigenvalue weighted by Crippen LogP contribution is 2.22. The molecule has 0 spiro atoms. The van der Waals surface area contributed by atoms with Crippen molar-refractivity contribution in [3.8, 4) is 5.75 Å². The van der Waals surface area contributed by atoms with Crippen molar-refractivity contribution in [3.63, 3.8) is 0 Å². The zero-order valence-electron chi connectivity index (χ0n) is 11.4. The third kappa shape index (κ3) is 3.12. The van der Waals surface area contributed by atoms with E-state index in [1.807, 2.05) is 24.7 Å². The molecule has 1 aromatic heterocycles. The molecule has 2 rings (SSSR count). The van der Waals surface area contributed by atoms with Gasteiger partial charge < -0.3 is 14.6 Å². The van der Waals surface area contributed by atoms with Gasteiger partial charge in [-0.25, -0.2) is 9.37 Å². The first-order valence-corrected chi connectivity index (χ1v) is 6.15. The van der Waals surface area contributed by atoms with Gasteiger partial charge in [-0.1, -0.05) is 6.07 Å².